The lowest BCUT2D eigenvalue weighted by molar-refractivity contribution is -0.116. The van der Waals surface area contributed by atoms with Crippen molar-refractivity contribution in [1.29, 1.82) is 0 Å². The number of benzene rings is 1. The monoisotopic (exact) mass is 478 g/mol. The maximum atomic E-state index is 12.3. The fourth-order valence-electron chi connectivity index (χ4n) is 3.28. The average Bonchev–Trinajstić information content (AvgIpc) is 2.84. The molecule has 0 saturated carbocycles. The molecule has 1 aromatic carbocycles. The Bertz CT molecular complexity index is 911. The summed E-state index contributed by atoms with van der Waals surface area (Å²) < 4.78 is 0.918. The molecule has 0 atom stereocenters. The summed E-state index contributed by atoms with van der Waals surface area (Å²) in [4.78, 5) is 37.3. The molecule has 0 fully saturated rings. The van der Waals surface area contributed by atoms with E-state index in [1.54, 1.807) is 12.1 Å². The number of amides is 4. The Morgan fingerprint density at radius 2 is 1.76 bits per heavy atom. The molecular weight excluding hydrogens is 456 g/mol. The molecular formula is C20H23BrN4O3S. The molecule has 7 nitrogen and oxygen atoms in total. The number of hydrogen-bond donors (Lipinski definition) is 4. The minimum atomic E-state index is -0.508. The number of nitrogens with one attached hydrogen (secondary N) is 3. The predicted octanol–water partition coefficient (Wildman–Crippen LogP) is 4.03. The number of carbonyl (C=O) groups is 3. The van der Waals surface area contributed by atoms with Crippen molar-refractivity contribution in [3.05, 3.63) is 44.7 Å². The quantitative estimate of drug-likeness (QED) is 0.469. The molecule has 2 aromatic rings. The van der Waals surface area contributed by atoms with E-state index >= 15 is 0 Å². The lowest BCUT2D eigenvalue weighted by Gasteiger charge is -2.09. The number of nitrogens with two attached hydrogens (primary N) is 1. The molecule has 9 heteroatoms. The van der Waals surface area contributed by atoms with Crippen molar-refractivity contribution in [1.82, 2.24) is 5.32 Å². The number of urea groups is 1. The van der Waals surface area contributed by atoms with Gasteiger partial charge in [-0.1, -0.05) is 22.4 Å². The van der Waals surface area contributed by atoms with E-state index in [9.17, 15) is 14.4 Å². The second-order valence-electron chi connectivity index (χ2n) is 6.82. The number of rotatable bonds is 6. The Labute approximate surface area is 181 Å². The number of anilines is 2. The van der Waals surface area contributed by atoms with Gasteiger partial charge in [-0.2, -0.15) is 0 Å². The van der Waals surface area contributed by atoms with Crippen LogP contribution in [0.4, 0.5) is 15.5 Å². The third-order valence-electron chi connectivity index (χ3n) is 4.66. The van der Waals surface area contributed by atoms with Crippen molar-refractivity contribution < 1.29 is 14.4 Å². The van der Waals surface area contributed by atoms with Gasteiger partial charge in [-0.3, -0.25) is 9.59 Å². The molecule has 0 aliphatic heterocycles. The third kappa shape index (κ3) is 5.80. The minimum absolute atomic E-state index is 0.0918. The maximum Gasteiger partial charge on any atom is 0.319 e. The number of hydrogen-bond acceptors (Lipinski definition) is 4. The van der Waals surface area contributed by atoms with Crippen molar-refractivity contribution in [2.45, 2.75) is 38.5 Å². The van der Waals surface area contributed by atoms with Gasteiger partial charge in [0.15, 0.2) is 0 Å². The standard InChI is InChI=1S/C20H23BrN4O3S/c21-12-6-8-13(9-7-12)24-20(28)23-11-10-16(26)25-19-17(18(22)27)14-4-2-1-3-5-15(14)29-19/h6-9H,1-5,10-11H2,(H2,22,27)(H,25,26)(H2,23,24,28). The molecule has 5 N–H and O–H groups in total. The van der Waals surface area contributed by atoms with Crippen LogP contribution in [0.1, 0.15) is 46.5 Å². The SMILES string of the molecule is NC(=O)c1c(NC(=O)CCNC(=O)Nc2ccc(Br)cc2)sc2c1CCCCC2. The van der Waals surface area contributed by atoms with E-state index in [-0.39, 0.29) is 24.9 Å². The van der Waals surface area contributed by atoms with Gasteiger partial charge in [0.2, 0.25) is 5.91 Å². The second kappa shape index (κ2) is 9.89. The van der Waals surface area contributed by atoms with Crippen LogP contribution in [-0.2, 0) is 17.6 Å². The van der Waals surface area contributed by atoms with Crippen LogP contribution in [-0.4, -0.2) is 24.4 Å². The van der Waals surface area contributed by atoms with Crippen LogP contribution in [0.3, 0.4) is 0 Å². The zero-order valence-corrected chi connectivity index (χ0v) is 18.2. The number of halogens is 1. The zero-order valence-electron chi connectivity index (χ0n) is 15.8. The Morgan fingerprint density at radius 3 is 2.48 bits per heavy atom. The van der Waals surface area contributed by atoms with Crippen molar-refractivity contribution in [3.8, 4) is 0 Å². The lowest BCUT2D eigenvalue weighted by Crippen LogP contribution is -2.31. The Hall–Kier alpha value is -2.39. The van der Waals surface area contributed by atoms with Gasteiger partial charge in [0, 0.05) is 28.0 Å². The molecule has 154 valence electrons. The molecule has 1 aliphatic carbocycles. The summed E-state index contributed by atoms with van der Waals surface area (Å²) in [6.07, 6.45) is 5.06. The van der Waals surface area contributed by atoms with Gasteiger partial charge < -0.3 is 21.7 Å². The summed E-state index contributed by atoms with van der Waals surface area (Å²) in [6.45, 7) is 0.172. The molecule has 1 heterocycles. The lowest BCUT2D eigenvalue weighted by atomic mass is 10.1. The number of carbonyl (C=O) groups excluding carboxylic acids is 3. The topological polar surface area (TPSA) is 113 Å². The summed E-state index contributed by atoms with van der Waals surface area (Å²) in [5.41, 5.74) is 7.67. The predicted molar refractivity (Wildman–Crippen MR) is 119 cm³/mol. The first-order valence-electron chi connectivity index (χ1n) is 9.48. The number of aryl methyl sites for hydroxylation is 1. The van der Waals surface area contributed by atoms with Crippen LogP contribution >= 0.6 is 27.3 Å². The smallest absolute Gasteiger partial charge is 0.319 e. The molecule has 29 heavy (non-hydrogen) atoms. The van der Waals surface area contributed by atoms with E-state index in [0.717, 1.165) is 47.0 Å². The van der Waals surface area contributed by atoms with Crippen molar-refractivity contribution in [3.63, 3.8) is 0 Å². The van der Waals surface area contributed by atoms with Crippen LogP contribution in [0.5, 0.6) is 0 Å². The first kappa shape index (κ1) is 21.3. The molecule has 0 spiro atoms. The van der Waals surface area contributed by atoms with Gasteiger partial charge >= 0.3 is 6.03 Å². The van der Waals surface area contributed by atoms with Gasteiger partial charge in [0.25, 0.3) is 5.91 Å². The zero-order chi connectivity index (χ0) is 20.8. The molecule has 0 saturated heterocycles. The van der Waals surface area contributed by atoms with Gasteiger partial charge in [-0.15, -0.1) is 11.3 Å². The molecule has 1 aromatic heterocycles. The van der Waals surface area contributed by atoms with E-state index in [2.05, 4.69) is 31.9 Å². The highest BCUT2D eigenvalue weighted by Gasteiger charge is 2.24. The van der Waals surface area contributed by atoms with Crippen LogP contribution in [0, 0.1) is 0 Å². The average molecular weight is 479 g/mol. The second-order valence-corrected chi connectivity index (χ2v) is 8.84. The first-order valence-corrected chi connectivity index (χ1v) is 11.1. The van der Waals surface area contributed by atoms with Crippen molar-refractivity contribution in [2.24, 2.45) is 5.73 Å². The number of thiophene rings is 1. The highest BCUT2D eigenvalue weighted by atomic mass is 79.9. The van der Waals surface area contributed by atoms with Crippen molar-refractivity contribution in [2.75, 3.05) is 17.2 Å². The summed E-state index contributed by atoms with van der Waals surface area (Å²) in [5.74, 6) is -0.778. The van der Waals surface area contributed by atoms with Gasteiger partial charge in [-0.25, -0.2) is 4.79 Å². The Balaban J connectivity index is 1.52. The minimum Gasteiger partial charge on any atom is -0.365 e. The summed E-state index contributed by atoms with van der Waals surface area (Å²) in [6, 6.07) is 6.79. The molecule has 1 aliphatic rings. The maximum absolute atomic E-state index is 12.3. The number of primary amides is 1. The van der Waals surface area contributed by atoms with E-state index in [1.807, 2.05) is 12.1 Å². The van der Waals surface area contributed by atoms with Crippen LogP contribution in [0.2, 0.25) is 0 Å². The van der Waals surface area contributed by atoms with Crippen LogP contribution in [0.25, 0.3) is 0 Å². The highest BCUT2D eigenvalue weighted by molar-refractivity contribution is 9.10. The fourth-order valence-corrected chi connectivity index (χ4v) is 4.85. The Morgan fingerprint density at radius 1 is 1.03 bits per heavy atom. The molecule has 0 radical (unpaired) electrons. The van der Waals surface area contributed by atoms with Gasteiger partial charge in [0.1, 0.15) is 5.00 Å². The van der Waals surface area contributed by atoms with Crippen LogP contribution < -0.4 is 21.7 Å². The van der Waals surface area contributed by atoms with Crippen LogP contribution in [0.15, 0.2) is 28.7 Å². The highest BCUT2D eigenvalue weighted by Crippen LogP contribution is 2.37. The normalized spacial score (nSPS) is 13.1. The van der Waals surface area contributed by atoms with E-state index < -0.39 is 5.91 Å². The largest absolute Gasteiger partial charge is 0.365 e. The van der Waals surface area contributed by atoms with E-state index in [4.69, 9.17) is 5.73 Å². The van der Waals surface area contributed by atoms with Gasteiger partial charge in [-0.05, 0) is 55.5 Å². The summed E-state index contributed by atoms with van der Waals surface area (Å²) in [7, 11) is 0. The first-order chi connectivity index (χ1) is 13.9. The number of fused-ring (bicyclic) bond motifs is 1. The van der Waals surface area contributed by atoms with E-state index in [0.29, 0.717) is 16.3 Å². The molecule has 0 unspecified atom stereocenters. The fraction of sp³-hybridized carbons (Fsp3) is 0.350. The van der Waals surface area contributed by atoms with Crippen molar-refractivity contribution >= 4 is 55.8 Å². The molecule has 3 rings (SSSR count). The third-order valence-corrected chi connectivity index (χ3v) is 6.40. The van der Waals surface area contributed by atoms with E-state index in [1.165, 1.54) is 11.3 Å². The Kier molecular flexibility index (Phi) is 7.27. The summed E-state index contributed by atoms with van der Waals surface area (Å²) in [5, 5.41) is 8.66. The molecule has 0 bridgehead atoms. The molecule has 4 amide bonds. The van der Waals surface area contributed by atoms with Gasteiger partial charge in [0.05, 0.1) is 5.56 Å². The summed E-state index contributed by atoms with van der Waals surface area (Å²) >= 11 is 4.77.